The van der Waals surface area contributed by atoms with Crippen LogP contribution in [0.3, 0.4) is 0 Å². The Balaban J connectivity index is 1.83. The third-order valence-electron chi connectivity index (χ3n) is 3.38. The monoisotopic (exact) mass is 249 g/mol. The Morgan fingerprint density at radius 1 is 1.28 bits per heavy atom. The van der Waals surface area contributed by atoms with Crippen molar-refractivity contribution in [1.82, 2.24) is 9.97 Å². The Bertz CT molecular complexity index is 397. The number of carbonyl (C=O) groups is 1. The van der Waals surface area contributed by atoms with Crippen molar-refractivity contribution in [1.29, 1.82) is 0 Å². The van der Waals surface area contributed by atoms with E-state index in [0.29, 0.717) is 12.0 Å². The highest BCUT2D eigenvalue weighted by Gasteiger charge is 2.26. The molecule has 1 saturated carbocycles. The molecule has 0 radical (unpaired) electrons. The summed E-state index contributed by atoms with van der Waals surface area (Å²) in [5.41, 5.74) is 1.05. The molecular weight excluding hydrogens is 230 g/mol. The normalized spacial score (nSPS) is 23.4. The number of nitrogens with one attached hydrogen (secondary N) is 1. The molecule has 98 valence electrons. The number of anilines is 1. The van der Waals surface area contributed by atoms with Crippen LogP contribution < -0.4 is 5.32 Å². The molecule has 1 fully saturated rings. The molecule has 1 N–H and O–H groups in total. The van der Waals surface area contributed by atoms with E-state index in [4.69, 9.17) is 4.74 Å². The van der Waals surface area contributed by atoms with Gasteiger partial charge in [-0.25, -0.2) is 9.97 Å². The second kappa shape index (κ2) is 5.80. The van der Waals surface area contributed by atoms with Crippen molar-refractivity contribution < 1.29 is 9.53 Å². The summed E-state index contributed by atoms with van der Waals surface area (Å²) in [5.74, 6) is 0.647. The lowest BCUT2D eigenvalue weighted by Crippen LogP contribution is -2.30. The number of aryl methyl sites for hydroxylation is 1. The Kier molecular flexibility index (Phi) is 4.12. The summed E-state index contributed by atoms with van der Waals surface area (Å²) in [5, 5.41) is 3.31. The van der Waals surface area contributed by atoms with Crippen LogP contribution in [0.1, 0.15) is 31.2 Å². The minimum absolute atomic E-state index is 0.0620. The van der Waals surface area contributed by atoms with Gasteiger partial charge in [-0.15, -0.1) is 0 Å². The molecule has 0 unspecified atom stereocenters. The highest BCUT2D eigenvalue weighted by molar-refractivity contribution is 5.72. The van der Waals surface area contributed by atoms with Gasteiger partial charge in [0.05, 0.1) is 13.0 Å². The van der Waals surface area contributed by atoms with E-state index in [1.54, 1.807) is 12.4 Å². The Labute approximate surface area is 107 Å². The molecule has 5 heteroatoms. The van der Waals surface area contributed by atoms with Gasteiger partial charge < -0.3 is 10.1 Å². The SMILES string of the molecule is COC(=O)C1CCC(Nc2ncc(C)cn2)CC1. The molecule has 5 nitrogen and oxygen atoms in total. The van der Waals surface area contributed by atoms with E-state index in [2.05, 4.69) is 15.3 Å². The first-order valence-corrected chi connectivity index (χ1v) is 6.32. The second-order valence-electron chi connectivity index (χ2n) is 4.80. The van der Waals surface area contributed by atoms with Crippen molar-refractivity contribution in [2.24, 2.45) is 5.92 Å². The average molecular weight is 249 g/mol. The van der Waals surface area contributed by atoms with Gasteiger partial charge in [0.25, 0.3) is 0 Å². The van der Waals surface area contributed by atoms with Gasteiger partial charge in [0, 0.05) is 18.4 Å². The number of nitrogens with zero attached hydrogens (tertiary/aromatic N) is 2. The third kappa shape index (κ3) is 3.18. The van der Waals surface area contributed by atoms with Gasteiger partial charge in [0.1, 0.15) is 0 Å². The number of methoxy groups -OCH3 is 1. The average Bonchev–Trinajstić information content (AvgIpc) is 2.41. The summed E-state index contributed by atoms with van der Waals surface area (Å²) in [6.45, 7) is 1.96. The first-order valence-electron chi connectivity index (χ1n) is 6.32. The molecule has 1 aliphatic rings. The zero-order valence-electron chi connectivity index (χ0n) is 10.8. The van der Waals surface area contributed by atoms with Crippen LogP contribution in [-0.2, 0) is 9.53 Å². The van der Waals surface area contributed by atoms with Crippen molar-refractivity contribution in [2.75, 3.05) is 12.4 Å². The molecule has 0 atom stereocenters. The van der Waals surface area contributed by atoms with Crippen molar-refractivity contribution in [2.45, 2.75) is 38.6 Å². The fraction of sp³-hybridized carbons (Fsp3) is 0.615. The van der Waals surface area contributed by atoms with E-state index in [1.165, 1.54) is 7.11 Å². The summed E-state index contributed by atoms with van der Waals surface area (Å²) < 4.78 is 4.77. The number of rotatable bonds is 3. The lowest BCUT2D eigenvalue weighted by molar-refractivity contribution is -0.146. The molecule has 2 rings (SSSR count). The molecule has 0 aromatic carbocycles. The lowest BCUT2D eigenvalue weighted by atomic mass is 9.86. The van der Waals surface area contributed by atoms with Crippen molar-refractivity contribution >= 4 is 11.9 Å². The predicted octanol–water partition coefficient (Wildman–Crippen LogP) is 1.93. The maximum Gasteiger partial charge on any atom is 0.308 e. The molecule has 0 amide bonds. The Morgan fingerprint density at radius 3 is 2.44 bits per heavy atom. The van der Waals surface area contributed by atoms with Crippen LogP contribution >= 0.6 is 0 Å². The molecule has 1 aromatic rings. The first kappa shape index (κ1) is 12.8. The Hall–Kier alpha value is -1.65. The summed E-state index contributed by atoms with van der Waals surface area (Å²) in [6.07, 6.45) is 7.26. The van der Waals surface area contributed by atoms with Crippen LogP contribution in [0.25, 0.3) is 0 Å². The van der Waals surface area contributed by atoms with Gasteiger partial charge in [-0.2, -0.15) is 0 Å². The van der Waals surface area contributed by atoms with Crippen LogP contribution in [-0.4, -0.2) is 29.1 Å². The van der Waals surface area contributed by atoms with Crippen LogP contribution in [0, 0.1) is 12.8 Å². The maximum absolute atomic E-state index is 11.4. The summed E-state index contributed by atoms with van der Waals surface area (Å²) >= 11 is 0. The van der Waals surface area contributed by atoms with Gasteiger partial charge in [-0.3, -0.25) is 4.79 Å². The third-order valence-corrected chi connectivity index (χ3v) is 3.38. The fourth-order valence-corrected chi connectivity index (χ4v) is 2.29. The smallest absolute Gasteiger partial charge is 0.308 e. The zero-order valence-corrected chi connectivity index (χ0v) is 10.8. The molecule has 1 heterocycles. The van der Waals surface area contributed by atoms with Gasteiger partial charge >= 0.3 is 5.97 Å². The molecule has 0 aliphatic heterocycles. The van der Waals surface area contributed by atoms with Crippen molar-refractivity contribution in [3.05, 3.63) is 18.0 Å². The van der Waals surface area contributed by atoms with E-state index in [1.807, 2.05) is 6.92 Å². The van der Waals surface area contributed by atoms with E-state index in [0.717, 1.165) is 31.2 Å². The van der Waals surface area contributed by atoms with E-state index in [9.17, 15) is 4.79 Å². The van der Waals surface area contributed by atoms with E-state index >= 15 is 0 Å². The van der Waals surface area contributed by atoms with E-state index < -0.39 is 0 Å². The lowest BCUT2D eigenvalue weighted by Gasteiger charge is -2.27. The Morgan fingerprint density at radius 2 is 1.89 bits per heavy atom. The van der Waals surface area contributed by atoms with Crippen molar-refractivity contribution in [3.63, 3.8) is 0 Å². The van der Waals surface area contributed by atoms with E-state index in [-0.39, 0.29) is 11.9 Å². The molecule has 1 aliphatic carbocycles. The highest BCUT2D eigenvalue weighted by atomic mass is 16.5. The molecule has 0 saturated heterocycles. The quantitative estimate of drug-likeness (QED) is 0.829. The minimum Gasteiger partial charge on any atom is -0.469 e. The number of hydrogen-bond acceptors (Lipinski definition) is 5. The van der Waals surface area contributed by atoms with Gasteiger partial charge in [0.15, 0.2) is 0 Å². The molecule has 1 aromatic heterocycles. The zero-order chi connectivity index (χ0) is 13.0. The van der Waals surface area contributed by atoms with Crippen LogP contribution in [0.4, 0.5) is 5.95 Å². The first-order chi connectivity index (χ1) is 8.69. The number of ether oxygens (including phenoxy) is 1. The van der Waals surface area contributed by atoms with Gasteiger partial charge in [-0.05, 0) is 38.2 Å². The molecule has 0 spiro atoms. The van der Waals surface area contributed by atoms with Crippen LogP contribution in [0.2, 0.25) is 0 Å². The van der Waals surface area contributed by atoms with Gasteiger partial charge in [-0.1, -0.05) is 0 Å². The molecule has 0 bridgehead atoms. The summed E-state index contributed by atoms with van der Waals surface area (Å²) in [4.78, 5) is 19.9. The molecular formula is C13H19N3O2. The standard InChI is InChI=1S/C13H19N3O2/c1-9-7-14-13(15-8-9)16-11-5-3-10(4-6-11)12(17)18-2/h7-8,10-11H,3-6H2,1-2H3,(H,14,15,16). The largest absolute Gasteiger partial charge is 0.469 e. The van der Waals surface area contributed by atoms with Crippen LogP contribution in [0.15, 0.2) is 12.4 Å². The van der Waals surface area contributed by atoms with Crippen molar-refractivity contribution in [3.8, 4) is 0 Å². The van der Waals surface area contributed by atoms with Crippen LogP contribution in [0.5, 0.6) is 0 Å². The predicted molar refractivity (Wildman–Crippen MR) is 68.2 cm³/mol. The minimum atomic E-state index is -0.0833. The number of aromatic nitrogens is 2. The highest BCUT2D eigenvalue weighted by Crippen LogP contribution is 2.26. The number of carbonyl (C=O) groups excluding carboxylic acids is 1. The number of hydrogen-bond donors (Lipinski definition) is 1. The number of esters is 1. The second-order valence-corrected chi connectivity index (χ2v) is 4.80. The molecule has 18 heavy (non-hydrogen) atoms. The fourth-order valence-electron chi connectivity index (χ4n) is 2.29. The van der Waals surface area contributed by atoms with Gasteiger partial charge in [0.2, 0.25) is 5.95 Å². The summed E-state index contributed by atoms with van der Waals surface area (Å²) in [7, 11) is 1.45. The summed E-state index contributed by atoms with van der Waals surface area (Å²) in [6, 6.07) is 0.355. The maximum atomic E-state index is 11.4. The topological polar surface area (TPSA) is 64.1 Å².